The highest BCUT2D eigenvalue weighted by molar-refractivity contribution is 6.43. The molecule has 0 aromatic heterocycles. The van der Waals surface area contributed by atoms with Crippen molar-refractivity contribution in [1.82, 2.24) is 0 Å². The summed E-state index contributed by atoms with van der Waals surface area (Å²) in [5.74, 6) is 0. The van der Waals surface area contributed by atoms with E-state index in [0.717, 1.165) is 15.1 Å². The molecule has 0 aromatic rings. The molecular formula is C7H14Si. The van der Waals surface area contributed by atoms with E-state index in [4.69, 9.17) is 0 Å². The lowest BCUT2D eigenvalue weighted by atomic mass is 10.3. The van der Waals surface area contributed by atoms with Crippen molar-refractivity contribution in [1.29, 1.82) is 0 Å². The molecule has 0 nitrogen and oxygen atoms in total. The normalized spacial score (nSPS) is 9.88. The van der Waals surface area contributed by atoms with Crippen LogP contribution >= 0.6 is 0 Å². The summed E-state index contributed by atoms with van der Waals surface area (Å²) in [7, 11) is 0.970. The van der Waals surface area contributed by atoms with Crippen molar-refractivity contribution < 1.29 is 0 Å². The van der Waals surface area contributed by atoms with Gasteiger partial charge in [0.05, 0.1) is 9.52 Å². The monoisotopic (exact) mass is 126 g/mol. The van der Waals surface area contributed by atoms with Crippen molar-refractivity contribution in [3.8, 4) is 0 Å². The van der Waals surface area contributed by atoms with Crippen LogP contribution in [-0.2, 0) is 0 Å². The predicted octanol–water partition coefficient (Wildman–Crippen LogP) is 2.44. The largest absolute Gasteiger partial charge is 0.107 e. The number of hydrogen-bond donors (Lipinski definition) is 0. The molecule has 0 saturated heterocycles. The molecule has 8 heavy (non-hydrogen) atoms. The van der Waals surface area contributed by atoms with Gasteiger partial charge in [-0.15, -0.1) is 12.3 Å². The summed E-state index contributed by atoms with van der Waals surface area (Å²) in [6, 6.07) is 0. The Bertz CT molecular complexity index is 55.4. The van der Waals surface area contributed by atoms with Gasteiger partial charge in [-0.2, -0.15) is 0 Å². The van der Waals surface area contributed by atoms with Crippen LogP contribution in [0.4, 0.5) is 0 Å². The molecule has 0 amide bonds. The summed E-state index contributed by atoms with van der Waals surface area (Å²) in [4.78, 5) is 0. The molecule has 0 aliphatic rings. The molecule has 0 unspecified atom stereocenters. The topological polar surface area (TPSA) is 0 Å². The van der Waals surface area contributed by atoms with Crippen LogP contribution in [0.2, 0.25) is 5.54 Å². The Morgan fingerprint density at radius 2 is 2.00 bits per heavy atom. The van der Waals surface area contributed by atoms with Crippen LogP contribution in [0.15, 0.2) is 12.3 Å². The fourth-order valence-electron chi connectivity index (χ4n) is 0.691. The highest BCUT2D eigenvalue weighted by atomic mass is 28.2. The highest BCUT2D eigenvalue weighted by Crippen LogP contribution is 2.11. The van der Waals surface area contributed by atoms with Crippen LogP contribution in [-0.4, -0.2) is 9.52 Å². The maximum atomic E-state index is 3.71. The van der Waals surface area contributed by atoms with E-state index in [2.05, 4.69) is 20.4 Å². The molecule has 0 heterocycles. The van der Waals surface area contributed by atoms with Crippen LogP contribution in [0.3, 0.4) is 0 Å². The molecule has 2 radical (unpaired) electrons. The zero-order chi connectivity index (χ0) is 6.41. The molecule has 0 aromatic carbocycles. The second-order valence-electron chi connectivity index (χ2n) is 1.88. The van der Waals surface area contributed by atoms with E-state index in [1.54, 1.807) is 0 Å². The van der Waals surface area contributed by atoms with Crippen LogP contribution in [0.25, 0.3) is 0 Å². The van der Waals surface area contributed by atoms with Gasteiger partial charge in [-0.05, 0) is 5.54 Å². The second-order valence-corrected chi connectivity index (χ2v) is 3.44. The smallest absolute Gasteiger partial charge is 0.0729 e. The lowest BCUT2D eigenvalue weighted by Crippen LogP contribution is -1.96. The summed E-state index contributed by atoms with van der Waals surface area (Å²) in [6.07, 6.45) is 2.61. The van der Waals surface area contributed by atoms with Crippen molar-refractivity contribution in [2.45, 2.75) is 32.2 Å². The van der Waals surface area contributed by atoms with Crippen molar-refractivity contribution in [3.05, 3.63) is 12.3 Å². The molecule has 0 aliphatic carbocycles. The Balaban J connectivity index is 3.20. The quantitative estimate of drug-likeness (QED) is 0.508. The van der Waals surface area contributed by atoms with Gasteiger partial charge in [-0.3, -0.25) is 0 Å². The zero-order valence-electron chi connectivity index (χ0n) is 5.78. The van der Waals surface area contributed by atoms with Gasteiger partial charge in [-0.25, -0.2) is 0 Å². The van der Waals surface area contributed by atoms with Crippen LogP contribution in [0.5, 0.6) is 0 Å². The second kappa shape index (κ2) is 5.10. The highest BCUT2D eigenvalue weighted by Gasteiger charge is 1.98. The van der Waals surface area contributed by atoms with Gasteiger partial charge >= 0.3 is 0 Å². The van der Waals surface area contributed by atoms with Crippen molar-refractivity contribution in [3.63, 3.8) is 0 Å². The molecule has 1 heteroatoms. The standard InChI is InChI=1S/C7H14Si/c1-4-7(5-2)8-6-3/h6-7H,3-5H2,1-2H3. The first kappa shape index (κ1) is 7.96. The fraction of sp³-hybridized carbons (Fsp3) is 0.714. The van der Waals surface area contributed by atoms with E-state index >= 15 is 0 Å². The third-order valence-corrected chi connectivity index (χ3v) is 2.86. The molecule has 0 spiro atoms. The maximum absolute atomic E-state index is 3.71. The van der Waals surface area contributed by atoms with Gasteiger partial charge in [0, 0.05) is 0 Å². The SMILES string of the molecule is C=C[Si]C(CC)CC. The van der Waals surface area contributed by atoms with Crippen molar-refractivity contribution in [2.75, 3.05) is 0 Å². The van der Waals surface area contributed by atoms with E-state index in [9.17, 15) is 0 Å². The first-order valence-electron chi connectivity index (χ1n) is 3.22. The van der Waals surface area contributed by atoms with E-state index < -0.39 is 0 Å². The molecule has 46 valence electrons. The Kier molecular flexibility index (Phi) is 5.07. The lowest BCUT2D eigenvalue weighted by Gasteiger charge is -2.05. The third-order valence-electron chi connectivity index (χ3n) is 1.34. The van der Waals surface area contributed by atoms with Gasteiger partial charge < -0.3 is 0 Å². The van der Waals surface area contributed by atoms with Crippen LogP contribution in [0, 0.1) is 0 Å². The molecule has 0 N–H and O–H groups in total. The zero-order valence-corrected chi connectivity index (χ0v) is 6.78. The Hall–Kier alpha value is -0.0431. The summed E-state index contributed by atoms with van der Waals surface area (Å²) in [5, 5.41) is 0. The minimum Gasteiger partial charge on any atom is -0.107 e. The lowest BCUT2D eigenvalue weighted by molar-refractivity contribution is 0.763. The summed E-state index contributed by atoms with van der Waals surface area (Å²) >= 11 is 0. The van der Waals surface area contributed by atoms with Crippen LogP contribution in [0.1, 0.15) is 26.7 Å². The first-order valence-corrected chi connectivity index (χ1v) is 4.37. The average Bonchev–Trinajstić information content (AvgIpc) is 1.83. The molecule has 0 fully saturated rings. The summed E-state index contributed by atoms with van der Waals surface area (Å²) in [6.45, 7) is 8.19. The molecule has 0 atom stereocenters. The van der Waals surface area contributed by atoms with Gasteiger partial charge in [0.15, 0.2) is 0 Å². The Morgan fingerprint density at radius 1 is 1.50 bits per heavy atom. The molecule has 0 rings (SSSR count). The minimum atomic E-state index is 0.910. The molecule has 0 aliphatic heterocycles. The summed E-state index contributed by atoms with van der Waals surface area (Å²) in [5.41, 5.74) is 2.95. The molecular weight excluding hydrogens is 112 g/mol. The van der Waals surface area contributed by atoms with E-state index in [1.807, 2.05) is 5.70 Å². The molecule has 0 bridgehead atoms. The van der Waals surface area contributed by atoms with Gasteiger partial charge in [0.1, 0.15) is 0 Å². The van der Waals surface area contributed by atoms with E-state index in [1.165, 1.54) is 12.8 Å². The van der Waals surface area contributed by atoms with Gasteiger partial charge in [0.25, 0.3) is 0 Å². The first-order chi connectivity index (χ1) is 3.85. The third kappa shape index (κ3) is 3.02. The van der Waals surface area contributed by atoms with E-state index in [-0.39, 0.29) is 0 Å². The Labute approximate surface area is 54.8 Å². The average molecular weight is 126 g/mol. The van der Waals surface area contributed by atoms with Crippen molar-refractivity contribution >= 4 is 9.52 Å². The maximum Gasteiger partial charge on any atom is 0.0729 e. The molecule has 0 saturated carbocycles. The summed E-state index contributed by atoms with van der Waals surface area (Å²) < 4.78 is 0. The van der Waals surface area contributed by atoms with Crippen molar-refractivity contribution in [2.24, 2.45) is 0 Å². The number of hydrogen-bond acceptors (Lipinski definition) is 0. The predicted molar refractivity (Wildman–Crippen MR) is 40.3 cm³/mol. The van der Waals surface area contributed by atoms with E-state index in [0.29, 0.717) is 0 Å². The minimum absolute atomic E-state index is 0.910. The number of rotatable bonds is 4. The van der Waals surface area contributed by atoms with Gasteiger partial charge in [-0.1, -0.05) is 26.7 Å². The Morgan fingerprint density at radius 3 is 2.12 bits per heavy atom. The van der Waals surface area contributed by atoms with Gasteiger partial charge in [0.2, 0.25) is 0 Å². The van der Waals surface area contributed by atoms with Crippen LogP contribution < -0.4 is 0 Å². The fourth-order valence-corrected chi connectivity index (χ4v) is 1.50.